The number of oxime groups is 1. The molecule has 1 saturated heterocycles. The molecule has 5 heteroatoms. The van der Waals surface area contributed by atoms with Crippen LogP contribution in [0.2, 0.25) is 0 Å². The van der Waals surface area contributed by atoms with Crippen LogP contribution in [0.5, 0.6) is 0 Å². The van der Waals surface area contributed by atoms with Crippen LogP contribution in [0.1, 0.15) is 44.9 Å². The van der Waals surface area contributed by atoms with E-state index in [1.54, 1.807) is 0 Å². The molecule has 1 atom stereocenters. The second-order valence-electron chi connectivity index (χ2n) is 5.11. The van der Waals surface area contributed by atoms with Crippen molar-refractivity contribution in [1.82, 2.24) is 4.90 Å². The molecule has 5 nitrogen and oxygen atoms in total. The minimum Gasteiger partial charge on any atom is -0.409 e. The van der Waals surface area contributed by atoms with Gasteiger partial charge in [0, 0.05) is 12.6 Å². The summed E-state index contributed by atoms with van der Waals surface area (Å²) in [4.78, 5) is 14.0. The molecule has 3 N–H and O–H groups in total. The van der Waals surface area contributed by atoms with Crippen LogP contribution < -0.4 is 5.73 Å². The van der Waals surface area contributed by atoms with E-state index in [0.717, 1.165) is 19.4 Å². The molecular weight excluding hydrogens is 218 g/mol. The summed E-state index contributed by atoms with van der Waals surface area (Å²) >= 11 is 0. The molecular formula is C12H21N3O2. The number of carbonyl (C=O) groups excluding carboxylic acids is 1. The maximum atomic E-state index is 12.0. The number of carbonyl (C=O) groups is 1. The first-order chi connectivity index (χ1) is 8.22. The number of hydrogen-bond donors (Lipinski definition) is 2. The van der Waals surface area contributed by atoms with Crippen LogP contribution in [0.15, 0.2) is 5.16 Å². The zero-order chi connectivity index (χ0) is 12.3. The lowest BCUT2D eigenvalue weighted by Gasteiger charge is -2.29. The average Bonchev–Trinajstić information content (AvgIpc) is 2.98. The highest BCUT2D eigenvalue weighted by Gasteiger charge is 2.35. The number of hydrogen-bond acceptors (Lipinski definition) is 3. The number of rotatable bonds is 3. The fraction of sp³-hybridized carbons (Fsp3) is 0.833. The minimum atomic E-state index is 0.00655. The molecule has 1 aliphatic heterocycles. The van der Waals surface area contributed by atoms with E-state index < -0.39 is 0 Å². The van der Waals surface area contributed by atoms with Crippen molar-refractivity contribution in [3.63, 3.8) is 0 Å². The summed E-state index contributed by atoms with van der Waals surface area (Å²) in [5.74, 6) is 0.690. The first kappa shape index (κ1) is 12.2. The molecule has 1 aliphatic carbocycles. The van der Waals surface area contributed by atoms with Gasteiger partial charge < -0.3 is 15.8 Å². The molecule has 1 amide bonds. The van der Waals surface area contributed by atoms with E-state index in [2.05, 4.69) is 5.16 Å². The molecule has 1 saturated carbocycles. The van der Waals surface area contributed by atoms with Crippen molar-refractivity contribution in [1.29, 1.82) is 0 Å². The van der Waals surface area contributed by atoms with Crippen LogP contribution in [0.3, 0.4) is 0 Å². The first-order valence-electron chi connectivity index (χ1n) is 6.48. The fourth-order valence-electron chi connectivity index (χ4n) is 3.23. The third-order valence-corrected chi connectivity index (χ3v) is 4.02. The van der Waals surface area contributed by atoms with Crippen molar-refractivity contribution < 1.29 is 10.0 Å². The van der Waals surface area contributed by atoms with Crippen molar-refractivity contribution in [3.8, 4) is 0 Å². The number of amidine groups is 1. The van der Waals surface area contributed by atoms with Crippen LogP contribution in [0.4, 0.5) is 0 Å². The smallest absolute Gasteiger partial charge is 0.230 e. The van der Waals surface area contributed by atoms with Crippen LogP contribution in [0, 0.1) is 5.92 Å². The van der Waals surface area contributed by atoms with E-state index in [-0.39, 0.29) is 18.2 Å². The number of nitrogens with two attached hydrogens (primary N) is 1. The maximum Gasteiger partial charge on any atom is 0.230 e. The molecule has 0 bridgehead atoms. The summed E-state index contributed by atoms with van der Waals surface area (Å²) < 4.78 is 0. The standard InChI is InChI=1S/C12H21N3O2/c13-11(14-17)8-12(16)15-7-3-6-10(15)9-4-1-2-5-9/h9-10,17H,1-8H2,(H2,13,14). The molecule has 2 fully saturated rings. The van der Waals surface area contributed by atoms with Gasteiger partial charge in [0.05, 0.1) is 6.42 Å². The van der Waals surface area contributed by atoms with Crippen molar-refractivity contribution in [2.24, 2.45) is 16.8 Å². The van der Waals surface area contributed by atoms with Gasteiger partial charge in [-0.25, -0.2) is 0 Å². The van der Waals surface area contributed by atoms with Crippen LogP contribution in [-0.4, -0.2) is 34.4 Å². The molecule has 0 radical (unpaired) electrons. The Morgan fingerprint density at radius 2 is 2.00 bits per heavy atom. The molecule has 2 rings (SSSR count). The monoisotopic (exact) mass is 239 g/mol. The van der Waals surface area contributed by atoms with E-state index in [1.807, 2.05) is 4.90 Å². The highest BCUT2D eigenvalue weighted by molar-refractivity contribution is 5.98. The maximum absolute atomic E-state index is 12.0. The van der Waals surface area contributed by atoms with Crippen LogP contribution >= 0.6 is 0 Å². The molecule has 0 spiro atoms. The third kappa shape index (κ3) is 2.70. The molecule has 0 aromatic heterocycles. The summed E-state index contributed by atoms with van der Waals surface area (Å²) in [5, 5.41) is 11.4. The Balaban J connectivity index is 1.96. The van der Waals surface area contributed by atoms with Gasteiger partial charge in [-0.15, -0.1) is 0 Å². The van der Waals surface area contributed by atoms with E-state index >= 15 is 0 Å². The second-order valence-corrected chi connectivity index (χ2v) is 5.11. The van der Waals surface area contributed by atoms with Gasteiger partial charge in [-0.1, -0.05) is 18.0 Å². The zero-order valence-corrected chi connectivity index (χ0v) is 10.1. The van der Waals surface area contributed by atoms with Gasteiger partial charge in [-0.2, -0.15) is 0 Å². The normalized spacial score (nSPS) is 26.7. The lowest BCUT2D eigenvalue weighted by Crippen LogP contribution is -2.41. The van der Waals surface area contributed by atoms with Crippen LogP contribution in [-0.2, 0) is 4.79 Å². The summed E-state index contributed by atoms with van der Waals surface area (Å²) in [7, 11) is 0. The Bertz CT molecular complexity index is 311. The Morgan fingerprint density at radius 1 is 1.29 bits per heavy atom. The third-order valence-electron chi connectivity index (χ3n) is 4.02. The lowest BCUT2D eigenvalue weighted by atomic mass is 9.96. The zero-order valence-electron chi connectivity index (χ0n) is 10.1. The topological polar surface area (TPSA) is 78.9 Å². The molecule has 1 unspecified atom stereocenters. The Kier molecular flexibility index (Phi) is 3.86. The van der Waals surface area contributed by atoms with E-state index in [4.69, 9.17) is 10.9 Å². The largest absolute Gasteiger partial charge is 0.409 e. The molecule has 96 valence electrons. The number of amides is 1. The van der Waals surface area contributed by atoms with Gasteiger partial charge in [-0.3, -0.25) is 4.79 Å². The predicted molar refractivity (Wildman–Crippen MR) is 64.7 cm³/mol. The van der Waals surface area contributed by atoms with E-state index in [1.165, 1.54) is 25.7 Å². The average molecular weight is 239 g/mol. The Hall–Kier alpha value is -1.26. The molecule has 17 heavy (non-hydrogen) atoms. The lowest BCUT2D eigenvalue weighted by molar-refractivity contribution is -0.131. The summed E-state index contributed by atoms with van der Waals surface area (Å²) in [6, 6.07) is 0.400. The SMILES string of the molecule is NC(CC(=O)N1CCCC1C1CCCC1)=NO. The minimum absolute atomic E-state index is 0.00655. The van der Waals surface area contributed by atoms with E-state index in [0.29, 0.717) is 12.0 Å². The summed E-state index contributed by atoms with van der Waals surface area (Å²) in [5.41, 5.74) is 5.39. The molecule has 2 aliphatic rings. The first-order valence-corrected chi connectivity index (χ1v) is 6.48. The van der Waals surface area contributed by atoms with Gasteiger partial charge in [0.15, 0.2) is 0 Å². The second kappa shape index (κ2) is 5.38. The van der Waals surface area contributed by atoms with Crippen molar-refractivity contribution >= 4 is 11.7 Å². The van der Waals surface area contributed by atoms with Crippen molar-refractivity contribution in [2.75, 3.05) is 6.54 Å². The fourth-order valence-corrected chi connectivity index (χ4v) is 3.23. The highest BCUT2D eigenvalue weighted by Crippen LogP contribution is 2.35. The van der Waals surface area contributed by atoms with Crippen LogP contribution in [0.25, 0.3) is 0 Å². The summed E-state index contributed by atoms with van der Waals surface area (Å²) in [6.07, 6.45) is 7.33. The number of nitrogens with zero attached hydrogens (tertiary/aromatic N) is 2. The van der Waals surface area contributed by atoms with Crippen molar-refractivity contribution in [3.05, 3.63) is 0 Å². The Labute approximate surface area is 102 Å². The number of likely N-dealkylation sites (tertiary alicyclic amines) is 1. The van der Waals surface area contributed by atoms with Gasteiger partial charge in [0.1, 0.15) is 5.84 Å². The quantitative estimate of drug-likeness (QED) is 0.337. The van der Waals surface area contributed by atoms with Gasteiger partial charge in [0.25, 0.3) is 0 Å². The van der Waals surface area contributed by atoms with Gasteiger partial charge in [0.2, 0.25) is 5.91 Å². The molecule has 1 heterocycles. The highest BCUT2D eigenvalue weighted by atomic mass is 16.4. The Morgan fingerprint density at radius 3 is 2.65 bits per heavy atom. The van der Waals surface area contributed by atoms with Crippen molar-refractivity contribution in [2.45, 2.75) is 51.0 Å². The molecule has 0 aromatic rings. The van der Waals surface area contributed by atoms with Gasteiger partial charge >= 0.3 is 0 Å². The van der Waals surface area contributed by atoms with Gasteiger partial charge in [-0.05, 0) is 31.6 Å². The molecule has 0 aromatic carbocycles. The van der Waals surface area contributed by atoms with E-state index in [9.17, 15) is 4.79 Å². The summed E-state index contributed by atoms with van der Waals surface area (Å²) in [6.45, 7) is 0.832. The predicted octanol–water partition coefficient (Wildman–Crippen LogP) is 1.30.